The van der Waals surface area contributed by atoms with Crippen LogP contribution in [-0.4, -0.2) is 42.3 Å². The van der Waals surface area contributed by atoms with Gasteiger partial charge in [0.05, 0.1) is 13.2 Å². The van der Waals surface area contributed by atoms with E-state index in [0.29, 0.717) is 19.5 Å². The number of methoxy groups -OCH3 is 1. The van der Waals surface area contributed by atoms with Crippen LogP contribution in [-0.2, 0) is 0 Å². The largest absolute Gasteiger partial charge is 0.496 e. The second-order valence-corrected chi connectivity index (χ2v) is 5.60. The monoisotopic (exact) mass is 312 g/mol. The topological polar surface area (TPSA) is 61.8 Å². The van der Waals surface area contributed by atoms with E-state index in [1.807, 2.05) is 48.5 Å². The molecule has 1 atom stereocenters. The standard InChI is InChI=1S/C18H20N2O3/c1-23-17-8-3-2-7-16(17)13-5-4-6-14(11-13)19-18(22)20-10-9-15(21)12-20/h2-8,11,15,21H,9-10,12H2,1H3,(H,19,22)/t15-/m1/s1. The van der Waals surface area contributed by atoms with Gasteiger partial charge in [-0.15, -0.1) is 0 Å². The average molecular weight is 312 g/mol. The van der Waals surface area contributed by atoms with Crippen LogP contribution in [0.4, 0.5) is 10.5 Å². The molecular formula is C18H20N2O3. The Bertz CT molecular complexity index is 702. The van der Waals surface area contributed by atoms with E-state index < -0.39 is 6.10 Å². The van der Waals surface area contributed by atoms with Gasteiger partial charge in [0, 0.05) is 24.3 Å². The number of β-amino-alcohol motifs (C(OH)–C–C–N with tert-alkyl or cyclic N) is 1. The van der Waals surface area contributed by atoms with Gasteiger partial charge in [0.15, 0.2) is 0 Å². The fraction of sp³-hybridized carbons (Fsp3) is 0.278. The number of ether oxygens (including phenoxy) is 1. The van der Waals surface area contributed by atoms with E-state index in [1.54, 1.807) is 12.0 Å². The molecule has 120 valence electrons. The van der Waals surface area contributed by atoms with Gasteiger partial charge in [0.25, 0.3) is 0 Å². The lowest BCUT2D eigenvalue weighted by molar-refractivity contribution is 0.176. The number of para-hydroxylation sites is 1. The number of nitrogens with one attached hydrogen (secondary N) is 1. The van der Waals surface area contributed by atoms with Gasteiger partial charge in [-0.1, -0.05) is 30.3 Å². The minimum absolute atomic E-state index is 0.182. The lowest BCUT2D eigenvalue weighted by Crippen LogP contribution is -2.33. The molecule has 1 fully saturated rings. The molecule has 2 N–H and O–H groups in total. The van der Waals surface area contributed by atoms with Crippen LogP contribution in [0.25, 0.3) is 11.1 Å². The van der Waals surface area contributed by atoms with Gasteiger partial charge in [0.2, 0.25) is 0 Å². The molecule has 2 aromatic rings. The minimum Gasteiger partial charge on any atom is -0.496 e. The lowest BCUT2D eigenvalue weighted by Gasteiger charge is -2.17. The number of carbonyl (C=O) groups is 1. The number of hydrogen-bond donors (Lipinski definition) is 2. The summed E-state index contributed by atoms with van der Waals surface area (Å²) in [4.78, 5) is 13.8. The van der Waals surface area contributed by atoms with E-state index >= 15 is 0 Å². The Labute approximate surface area is 135 Å². The summed E-state index contributed by atoms with van der Waals surface area (Å²) in [7, 11) is 1.64. The summed E-state index contributed by atoms with van der Waals surface area (Å²) in [6, 6.07) is 15.2. The van der Waals surface area contributed by atoms with Crippen LogP contribution in [0.3, 0.4) is 0 Å². The molecule has 5 heteroatoms. The molecule has 0 unspecified atom stereocenters. The molecule has 0 bridgehead atoms. The summed E-state index contributed by atoms with van der Waals surface area (Å²) in [5.41, 5.74) is 2.67. The number of aliphatic hydroxyl groups is 1. The van der Waals surface area contributed by atoms with Crippen LogP contribution in [0.2, 0.25) is 0 Å². The van der Waals surface area contributed by atoms with Crippen molar-refractivity contribution in [1.29, 1.82) is 0 Å². The van der Waals surface area contributed by atoms with E-state index in [0.717, 1.165) is 22.6 Å². The quantitative estimate of drug-likeness (QED) is 0.916. The van der Waals surface area contributed by atoms with E-state index in [9.17, 15) is 9.90 Å². The smallest absolute Gasteiger partial charge is 0.321 e. The summed E-state index contributed by atoms with van der Waals surface area (Å²) >= 11 is 0. The molecule has 1 saturated heterocycles. The minimum atomic E-state index is -0.416. The highest BCUT2D eigenvalue weighted by atomic mass is 16.5. The van der Waals surface area contributed by atoms with Gasteiger partial charge < -0.3 is 20.1 Å². The lowest BCUT2D eigenvalue weighted by atomic mass is 10.0. The second-order valence-electron chi connectivity index (χ2n) is 5.60. The molecule has 0 aromatic heterocycles. The van der Waals surface area contributed by atoms with E-state index in [-0.39, 0.29) is 6.03 Å². The van der Waals surface area contributed by atoms with Crippen molar-refractivity contribution in [3.8, 4) is 16.9 Å². The first-order chi connectivity index (χ1) is 11.2. The number of likely N-dealkylation sites (tertiary alicyclic amines) is 1. The van der Waals surface area contributed by atoms with Crippen molar-refractivity contribution in [2.45, 2.75) is 12.5 Å². The Morgan fingerprint density at radius 3 is 2.83 bits per heavy atom. The molecule has 23 heavy (non-hydrogen) atoms. The Kier molecular flexibility index (Phi) is 4.48. The van der Waals surface area contributed by atoms with Crippen molar-refractivity contribution in [3.05, 3.63) is 48.5 Å². The summed E-state index contributed by atoms with van der Waals surface area (Å²) < 4.78 is 5.39. The van der Waals surface area contributed by atoms with Crippen molar-refractivity contribution in [3.63, 3.8) is 0 Å². The summed E-state index contributed by atoms with van der Waals surface area (Å²) in [6.45, 7) is 0.969. The van der Waals surface area contributed by atoms with Gasteiger partial charge in [-0.3, -0.25) is 0 Å². The molecular weight excluding hydrogens is 292 g/mol. The third kappa shape index (κ3) is 3.46. The number of hydrogen-bond acceptors (Lipinski definition) is 3. The van der Waals surface area contributed by atoms with Crippen molar-refractivity contribution in [2.75, 3.05) is 25.5 Å². The first-order valence-electron chi connectivity index (χ1n) is 7.65. The third-order valence-electron chi connectivity index (χ3n) is 3.98. The highest BCUT2D eigenvalue weighted by Gasteiger charge is 2.24. The van der Waals surface area contributed by atoms with Gasteiger partial charge >= 0.3 is 6.03 Å². The number of anilines is 1. The Hall–Kier alpha value is -2.53. The van der Waals surface area contributed by atoms with Crippen molar-refractivity contribution in [1.82, 2.24) is 4.90 Å². The number of amides is 2. The number of nitrogens with zero attached hydrogens (tertiary/aromatic N) is 1. The second kappa shape index (κ2) is 6.71. The molecule has 0 radical (unpaired) electrons. The summed E-state index contributed by atoms with van der Waals surface area (Å²) in [5.74, 6) is 0.790. The van der Waals surface area contributed by atoms with Crippen LogP contribution in [0.5, 0.6) is 5.75 Å². The molecule has 2 amide bonds. The maximum Gasteiger partial charge on any atom is 0.321 e. The zero-order valence-electron chi connectivity index (χ0n) is 13.0. The Morgan fingerprint density at radius 2 is 2.09 bits per heavy atom. The van der Waals surface area contributed by atoms with E-state index in [2.05, 4.69) is 5.32 Å². The molecule has 1 aliphatic heterocycles. The zero-order valence-corrected chi connectivity index (χ0v) is 13.0. The van der Waals surface area contributed by atoms with Gasteiger partial charge in [-0.05, 0) is 30.2 Å². The van der Waals surface area contributed by atoms with E-state index in [4.69, 9.17) is 4.74 Å². The summed E-state index contributed by atoms with van der Waals surface area (Å²) in [5, 5.41) is 12.4. The third-order valence-corrected chi connectivity index (χ3v) is 3.98. The number of carbonyl (C=O) groups excluding carboxylic acids is 1. The normalized spacial score (nSPS) is 17.1. The molecule has 2 aromatic carbocycles. The molecule has 1 aliphatic rings. The highest BCUT2D eigenvalue weighted by molar-refractivity contribution is 5.90. The number of urea groups is 1. The Balaban J connectivity index is 1.79. The summed E-state index contributed by atoms with van der Waals surface area (Å²) in [6.07, 6.45) is 0.218. The van der Waals surface area contributed by atoms with Gasteiger partial charge in [-0.2, -0.15) is 0 Å². The first-order valence-corrected chi connectivity index (χ1v) is 7.65. The van der Waals surface area contributed by atoms with Gasteiger partial charge in [0.1, 0.15) is 5.75 Å². The van der Waals surface area contributed by atoms with Crippen molar-refractivity contribution in [2.24, 2.45) is 0 Å². The van der Waals surface area contributed by atoms with Gasteiger partial charge in [-0.25, -0.2) is 4.79 Å². The van der Waals surface area contributed by atoms with Crippen LogP contribution in [0.15, 0.2) is 48.5 Å². The van der Waals surface area contributed by atoms with E-state index in [1.165, 1.54) is 0 Å². The average Bonchev–Trinajstić information content (AvgIpc) is 3.02. The molecule has 5 nitrogen and oxygen atoms in total. The number of rotatable bonds is 3. The fourth-order valence-electron chi connectivity index (χ4n) is 2.78. The predicted octanol–water partition coefficient (Wildman–Crippen LogP) is 2.96. The predicted molar refractivity (Wildman–Crippen MR) is 89.6 cm³/mol. The first kappa shape index (κ1) is 15.4. The molecule has 0 spiro atoms. The zero-order chi connectivity index (χ0) is 16.2. The van der Waals surface area contributed by atoms with Crippen LogP contribution >= 0.6 is 0 Å². The molecule has 0 saturated carbocycles. The number of aliphatic hydroxyl groups excluding tert-OH is 1. The highest BCUT2D eigenvalue weighted by Crippen LogP contribution is 2.31. The van der Waals surface area contributed by atoms with Crippen molar-refractivity contribution >= 4 is 11.7 Å². The Morgan fingerprint density at radius 1 is 1.26 bits per heavy atom. The van der Waals surface area contributed by atoms with Crippen LogP contribution in [0.1, 0.15) is 6.42 Å². The van der Waals surface area contributed by atoms with Crippen LogP contribution in [0, 0.1) is 0 Å². The SMILES string of the molecule is COc1ccccc1-c1cccc(NC(=O)N2CC[C@@H](O)C2)c1. The maximum absolute atomic E-state index is 12.2. The number of benzene rings is 2. The fourth-order valence-corrected chi connectivity index (χ4v) is 2.78. The van der Waals surface area contributed by atoms with Crippen molar-refractivity contribution < 1.29 is 14.6 Å². The maximum atomic E-state index is 12.2. The van der Waals surface area contributed by atoms with Crippen LogP contribution < -0.4 is 10.1 Å². The molecule has 1 heterocycles. The molecule has 3 rings (SSSR count). The molecule has 0 aliphatic carbocycles.